The van der Waals surface area contributed by atoms with Gasteiger partial charge in [-0.15, -0.1) is 11.3 Å². The Morgan fingerprint density at radius 1 is 1.42 bits per heavy atom. The fraction of sp³-hybridized carbons (Fsp3) is 0.647. The van der Waals surface area contributed by atoms with Crippen molar-refractivity contribution >= 4 is 34.9 Å². The molecule has 2 rings (SSSR count). The molecule has 0 spiro atoms. The second-order valence-corrected chi connectivity index (χ2v) is 8.91. The highest BCUT2D eigenvalue weighted by Gasteiger charge is 2.30. The summed E-state index contributed by atoms with van der Waals surface area (Å²) in [7, 11) is 0. The van der Waals surface area contributed by atoms with Crippen molar-refractivity contribution in [1.29, 1.82) is 0 Å². The van der Waals surface area contributed by atoms with E-state index in [2.05, 4.69) is 5.32 Å². The third-order valence-electron chi connectivity index (χ3n) is 3.98. The van der Waals surface area contributed by atoms with Crippen LogP contribution in [0.1, 0.15) is 50.2 Å². The van der Waals surface area contributed by atoms with Gasteiger partial charge in [-0.1, -0.05) is 11.6 Å². The molecule has 0 aromatic carbocycles. The maximum absolute atomic E-state index is 12.6. The largest absolute Gasteiger partial charge is 0.444 e. The van der Waals surface area contributed by atoms with Crippen molar-refractivity contribution in [2.45, 2.75) is 52.2 Å². The molecule has 1 fully saturated rings. The van der Waals surface area contributed by atoms with Crippen molar-refractivity contribution in [2.24, 2.45) is 5.92 Å². The number of hydrogen-bond acceptors (Lipinski definition) is 4. The number of halogens is 1. The van der Waals surface area contributed by atoms with Gasteiger partial charge in [-0.05, 0) is 58.6 Å². The number of piperidine rings is 1. The second-order valence-electron chi connectivity index (χ2n) is 7.19. The summed E-state index contributed by atoms with van der Waals surface area (Å²) in [5.41, 5.74) is -0.517. The van der Waals surface area contributed by atoms with E-state index in [1.165, 1.54) is 11.3 Å². The Bertz CT molecular complexity index is 597. The van der Waals surface area contributed by atoms with Crippen LogP contribution < -0.4 is 5.32 Å². The van der Waals surface area contributed by atoms with Crippen molar-refractivity contribution in [1.82, 2.24) is 10.2 Å². The van der Waals surface area contributed by atoms with Crippen LogP contribution in [-0.4, -0.2) is 41.6 Å². The van der Waals surface area contributed by atoms with Crippen LogP contribution in [0, 0.1) is 5.92 Å². The van der Waals surface area contributed by atoms with Crippen LogP contribution in [0.5, 0.6) is 0 Å². The number of likely N-dealkylation sites (tertiary alicyclic amines) is 1. The fourth-order valence-corrected chi connectivity index (χ4v) is 3.81. The zero-order valence-electron chi connectivity index (χ0n) is 14.6. The number of alkyl carbamates (subject to hydrolysis) is 1. The Balaban J connectivity index is 1.92. The molecule has 1 aliphatic heterocycles. The summed E-state index contributed by atoms with van der Waals surface area (Å²) < 4.78 is 5.92. The van der Waals surface area contributed by atoms with Gasteiger partial charge in [0.15, 0.2) is 0 Å². The smallest absolute Gasteiger partial charge is 0.407 e. The zero-order chi connectivity index (χ0) is 17.9. The lowest BCUT2D eigenvalue weighted by Gasteiger charge is -2.36. The molecule has 0 radical (unpaired) electrons. The Kier molecular flexibility index (Phi) is 6.15. The molecule has 24 heavy (non-hydrogen) atoms. The van der Waals surface area contributed by atoms with Crippen LogP contribution >= 0.6 is 22.9 Å². The summed E-state index contributed by atoms with van der Waals surface area (Å²) in [6.07, 6.45) is 1.49. The van der Waals surface area contributed by atoms with E-state index in [0.717, 1.165) is 19.4 Å². The molecular weight excluding hydrogens is 348 g/mol. The van der Waals surface area contributed by atoms with E-state index in [0.29, 0.717) is 15.8 Å². The minimum atomic E-state index is -0.517. The van der Waals surface area contributed by atoms with Gasteiger partial charge in [0.2, 0.25) is 0 Å². The molecule has 1 saturated heterocycles. The first-order chi connectivity index (χ1) is 11.2. The van der Waals surface area contributed by atoms with Gasteiger partial charge in [-0.2, -0.15) is 0 Å². The molecule has 1 aliphatic rings. The lowest BCUT2D eigenvalue weighted by molar-refractivity contribution is 0.0461. The molecule has 2 atom stereocenters. The maximum atomic E-state index is 12.6. The molecule has 1 N–H and O–H groups in total. The van der Waals surface area contributed by atoms with Crippen molar-refractivity contribution in [2.75, 3.05) is 13.1 Å². The maximum Gasteiger partial charge on any atom is 0.407 e. The summed E-state index contributed by atoms with van der Waals surface area (Å²) in [4.78, 5) is 27.0. The van der Waals surface area contributed by atoms with Crippen molar-refractivity contribution in [3.05, 3.63) is 21.3 Å². The SMILES string of the molecule is CC(NC(=O)OC(C)(C)C)C1CCCN(C(=O)c2ccc(Cl)s2)C1. The van der Waals surface area contributed by atoms with E-state index < -0.39 is 11.7 Å². The second kappa shape index (κ2) is 7.74. The summed E-state index contributed by atoms with van der Waals surface area (Å²) in [6.45, 7) is 8.85. The molecule has 2 heterocycles. The highest BCUT2D eigenvalue weighted by atomic mass is 35.5. The predicted molar refractivity (Wildman–Crippen MR) is 96.8 cm³/mol. The van der Waals surface area contributed by atoms with Gasteiger partial charge >= 0.3 is 6.09 Å². The van der Waals surface area contributed by atoms with Crippen LogP contribution in [0.2, 0.25) is 4.34 Å². The quantitative estimate of drug-likeness (QED) is 0.866. The molecule has 7 heteroatoms. The number of carbonyl (C=O) groups is 2. The van der Waals surface area contributed by atoms with E-state index in [1.807, 2.05) is 32.6 Å². The highest BCUT2D eigenvalue weighted by Crippen LogP contribution is 2.26. The average molecular weight is 373 g/mol. The average Bonchev–Trinajstić information content (AvgIpc) is 2.91. The summed E-state index contributed by atoms with van der Waals surface area (Å²) >= 11 is 7.22. The number of amides is 2. The molecule has 0 saturated carbocycles. The lowest BCUT2D eigenvalue weighted by Crippen LogP contribution is -2.48. The molecule has 134 valence electrons. The van der Waals surface area contributed by atoms with Gasteiger partial charge in [0.1, 0.15) is 5.60 Å². The summed E-state index contributed by atoms with van der Waals surface area (Å²) in [6, 6.07) is 3.46. The van der Waals surface area contributed by atoms with Gasteiger partial charge in [-0.3, -0.25) is 4.79 Å². The summed E-state index contributed by atoms with van der Waals surface area (Å²) in [5, 5.41) is 2.89. The van der Waals surface area contributed by atoms with Gasteiger partial charge < -0.3 is 15.0 Å². The zero-order valence-corrected chi connectivity index (χ0v) is 16.2. The number of thiophene rings is 1. The monoisotopic (exact) mass is 372 g/mol. The van der Waals surface area contributed by atoms with Crippen LogP contribution in [0.15, 0.2) is 12.1 Å². The molecule has 2 amide bonds. The van der Waals surface area contributed by atoms with E-state index in [4.69, 9.17) is 16.3 Å². The number of carbonyl (C=O) groups excluding carboxylic acids is 2. The van der Waals surface area contributed by atoms with Crippen LogP contribution in [0.4, 0.5) is 4.79 Å². The number of ether oxygens (including phenoxy) is 1. The predicted octanol–water partition coefficient (Wildman–Crippen LogP) is 4.17. The molecule has 2 unspecified atom stereocenters. The fourth-order valence-electron chi connectivity index (χ4n) is 2.80. The molecule has 1 aromatic rings. The normalized spacial score (nSPS) is 19.7. The Morgan fingerprint density at radius 2 is 2.12 bits per heavy atom. The minimum absolute atomic E-state index is 0.0149. The van der Waals surface area contributed by atoms with Crippen LogP contribution in [0.3, 0.4) is 0 Å². The van der Waals surface area contributed by atoms with Gasteiger partial charge in [0.25, 0.3) is 5.91 Å². The summed E-state index contributed by atoms with van der Waals surface area (Å²) in [5.74, 6) is 0.228. The number of nitrogens with one attached hydrogen (secondary N) is 1. The van der Waals surface area contributed by atoms with Crippen molar-refractivity contribution < 1.29 is 14.3 Å². The number of hydrogen-bond donors (Lipinski definition) is 1. The Morgan fingerprint density at radius 3 is 2.71 bits per heavy atom. The van der Waals surface area contributed by atoms with E-state index >= 15 is 0 Å². The van der Waals surface area contributed by atoms with Gasteiger partial charge in [0.05, 0.1) is 9.21 Å². The first-order valence-corrected chi connectivity index (χ1v) is 9.39. The van der Waals surface area contributed by atoms with E-state index in [1.54, 1.807) is 12.1 Å². The van der Waals surface area contributed by atoms with Crippen LogP contribution in [0.25, 0.3) is 0 Å². The molecule has 0 aliphatic carbocycles. The van der Waals surface area contributed by atoms with Gasteiger partial charge in [0, 0.05) is 19.1 Å². The topological polar surface area (TPSA) is 58.6 Å². The molecule has 1 aromatic heterocycles. The van der Waals surface area contributed by atoms with E-state index in [-0.39, 0.29) is 17.9 Å². The standard InChI is InChI=1S/C17H25ClN2O3S/c1-11(19-16(22)23-17(2,3)4)12-6-5-9-20(10-12)15(21)13-7-8-14(18)24-13/h7-8,11-12H,5-6,9-10H2,1-4H3,(H,19,22). The highest BCUT2D eigenvalue weighted by molar-refractivity contribution is 7.17. The number of nitrogens with zero attached hydrogens (tertiary/aromatic N) is 1. The molecule has 0 bridgehead atoms. The number of rotatable bonds is 3. The molecule has 5 nitrogen and oxygen atoms in total. The van der Waals surface area contributed by atoms with E-state index in [9.17, 15) is 9.59 Å². The minimum Gasteiger partial charge on any atom is -0.444 e. The Hall–Kier alpha value is -1.27. The first-order valence-electron chi connectivity index (χ1n) is 8.20. The van der Waals surface area contributed by atoms with Crippen molar-refractivity contribution in [3.63, 3.8) is 0 Å². The third-order valence-corrected chi connectivity index (χ3v) is 5.20. The molecular formula is C17H25ClN2O3S. The van der Waals surface area contributed by atoms with Gasteiger partial charge in [-0.25, -0.2) is 4.79 Å². The van der Waals surface area contributed by atoms with Crippen molar-refractivity contribution in [3.8, 4) is 0 Å². The Labute approximate surface area is 152 Å². The lowest BCUT2D eigenvalue weighted by atomic mass is 9.91. The third kappa shape index (κ3) is 5.38. The first kappa shape index (κ1) is 19.1. The van der Waals surface area contributed by atoms with Crippen LogP contribution in [-0.2, 0) is 4.74 Å².